The number of carboxylic acid groups (broad SMARTS) is 1. The van der Waals surface area contributed by atoms with Crippen molar-refractivity contribution in [3.05, 3.63) is 47.4 Å². The van der Waals surface area contributed by atoms with Crippen LogP contribution in [-0.2, 0) is 14.8 Å². The van der Waals surface area contributed by atoms with Crippen LogP contribution >= 0.6 is 0 Å². The number of carbonyl (C=O) groups is 1. The maximum Gasteiger partial charge on any atom is 0.305 e. The number of hydrogen-bond acceptors (Lipinski definition) is 8. The number of halogens is 1. The monoisotopic (exact) mass is 580 g/mol. The largest absolute Gasteiger partial charge is 0.481 e. The van der Waals surface area contributed by atoms with Gasteiger partial charge in [0.15, 0.2) is 0 Å². The molecule has 0 radical (unpaired) electrons. The van der Waals surface area contributed by atoms with Crippen LogP contribution in [0.1, 0.15) is 76.0 Å². The summed E-state index contributed by atoms with van der Waals surface area (Å²) in [6.07, 6.45) is 7.52. The number of aliphatic hydroxyl groups excluding tert-OH is 2. The predicted molar refractivity (Wildman–Crippen MR) is 154 cm³/mol. The SMILES string of the molecule is CC(C)c1nc(N(C)S(C)(=O)=O)nc(-c2ccc(F)cc2)c1/C=C/[C@@H](O)C[C@@H](O)CC(=O)O.NC1CCCCC1. The Labute approximate surface area is 235 Å². The Morgan fingerprint density at radius 2 is 1.75 bits per heavy atom. The average Bonchev–Trinajstić information content (AvgIpc) is 2.86. The van der Waals surface area contributed by atoms with Crippen LogP contribution in [0.5, 0.6) is 0 Å². The first-order valence-corrected chi connectivity index (χ1v) is 15.2. The second-order valence-corrected chi connectivity index (χ2v) is 12.4. The van der Waals surface area contributed by atoms with E-state index >= 15 is 0 Å². The van der Waals surface area contributed by atoms with Crippen molar-refractivity contribution in [2.75, 3.05) is 17.6 Å². The van der Waals surface area contributed by atoms with Crippen LogP contribution in [0.4, 0.5) is 10.3 Å². The summed E-state index contributed by atoms with van der Waals surface area (Å²) in [5.41, 5.74) is 7.44. The van der Waals surface area contributed by atoms with E-state index in [1.165, 1.54) is 75.6 Å². The quantitative estimate of drug-likeness (QED) is 0.328. The minimum atomic E-state index is -3.65. The van der Waals surface area contributed by atoms with Gasteiger partial charge in [-0.1, -0.05) is 45.3 Å². The van der Waals surface area contributed by atoms with E-state index in [9.17, 15) is 27.8 Å². The molecule has 0 aliphatic heterocycles. The zero-order valence-corrected chi connectivity index (χ0v) is 24.3. The lowest BCUT2D eigenvalue weighted by atomic mass is 9.97. The Balaban J connectivity index is 0.000000693. The molecule has 1 aliphatic rings. The molecule has 10 nitrogen and oxygen atoms in total. The number of carboxylic acids is 1. The topological polar surface area (TPSA) is 167 Å². The van der Waals surface area contributed by atoms with Crippen molar-refractivity contribution in [2.24, 2.45) is 5.73 Å². The van der Waals surface area contributed by atoms with Crippen molar-refractivity contribution < 1.29 is 32.9 Å². The molecule has 2 aromatic rings. The van der Waals surface area contributed by atoms with Crippen molar-refractivity contribution in [1.82, 2.24) is 9.97 Å². The molecule has 2 atom stereocenters. The molecule has 1 aliphatic carbocycles. The fourth-order valence-corrected chi connectivity index (χ4v) is 4.56. The Morgan fingerprint density at radius 3 is 2.23 bits per heavy atom. The molecule has 1 heterocycles. The zero-order valence-electron chi connectivity index (χ0n) is 23.5. The summed E-state index contributed by atoms with van der Waals surface area (Å²) < 4.78 is 38.6. The predicted octanol–water partition coefficient (Wildman–Crippen LogP) is 3.68. The molecule has 0 bridgehead atoms. The summed E-state index contributed by atoms with van der Waals surface area (Å²) in [6, 6.07) is 6.02. The fraction of sp³-hybridized carbons (Fsp3) is 0.536. The van der Waals surface area contributed by atoms with Crippen molar-refractivity contribution in [1.29, 1.82) is 0 Å². The lowest BCUT2D eigenvalue weighted by molar-refractivity contribution is -0.139. The molecule has 40 heavy (non-hydrogen) atoms. The molecule has 1 aromatic heterocycles. The van der Waals surface area contributed by atoms with Gasteiger partial charge < -0.3 is 21.1 Å². The van der Waals surface area contributed by atoms with Gasteiger partial charge in [-0.05, 0) is 43.0 Å². The van der Waals surface area contributed by atoms with Gasteiger partial charge in [0.05, 0.1) is 36.3 Å². The van der Waals surface area contributed by atoms with Gasteiger partial charge in [-0.25, -0.2) is 27.1 Å². The molecular formula is C28H41FN4O6S. The maximum absolute atomic E-state index is 13.5. The minimum absolute atomic E-state index is 0.0601. The molecule has 1 fully saturated rings. The van der Waals surface area contributed by atoms with Gasteiger partial charge in [0, 0.05) is 30.6 Å². The van der Waals surface area contributed by atoms with Crippen LogP contribution in [0.3, 0.4) is 0 Å². The highest BCUT2D eigenvalue weighted by Gasteiger charge is 2.22. The van der Waals surface area contributed by atoms with Crippen molar-refractivity contribution in [3.8, 4) is 11.3 Å². The average molecular weight is 581 g/mol. The second-order valence-electron chi connectivity index (χ2n) is 10.4. The summed E-state index contributed by atoms with van der Waals surface area (Å²) in [7, 11) is -2.33. The first-order chi connectivity index (χ1) is 18.7. The normalized spacial score (nSPS) is 15.9. The van der Waals surface area contributed by atoms with Crippen LogP contribution in [0.15, 0.2) is 30.3 Å². The van der Waals surface area contributed by atoms with Gasteiger partial charge in [0.1, 0.15) is 5.82 Å². The highest BCUT2D eigenvalue weighted by Crippen LogP contribution is 2.31. The third-order valence-electron chi connectivity index (χ3n) is 6.47. The lowest BCUT2D eigenvalue weighted by Crippen LogP contribution is -2.27. The highest BCUT2D eigenvalue weighted by molar-refractivity contribution is 7.92. The number of anilines is 1. The Morgan fingerprint density at radius 1 is 1.15 bits per heavy atom. The first-order valence-electron chi connectivity index (χ1n) is 13.3. The van der Waals surface area contributed by atoms with Crippen LogP contribution in [-0.4, -0.2) is 71.2 Å². The molecule has 1 aromatic carbocycles. The number of aliphatic hydroxyl groups is 2. The van der Waals surface area contributed by atoms with Gasteiger partial charge in [-0.3, -0.25) is 4.79 Å². The van der Waals surface area contributed by atoms with Gasteiger partial charge in [0.2, 0.25) is 16.0 Å². The van der Waals surface area contributed by atoms with E-state index in [-0.39, 0.29) is 18.3 Å². The highest BCUT2D eigenvalue weighted by atomic mass is 32.2. The molecule has 0 spiro atoms. The Bertz CT molecular complexity index is 1250. The first kappa shape index (κ1) is 33.3. The molecule has 12 heteroatoms. The second kappa shape index (κ2) is 15.2. The summed E-state index contributed by atoms with van der Waals surface area (Å²) in [5.74, 6) is -1.87. The van der Waals surface area contributed by atoms with E-state index in [0.717, 1.165) is 10.6 Å². The summed E-state index contributed by atoms with van der Waals surface area (Å²) in [5, 5.41) is 28.8. The zero-order chi connectivity index (χ0) is 30.0. The van der Waals surface area contributed by atoms with Crippen molar-refractivity contribution >= 4 is 28.0 Å². The number of hydrogen-bond donors (Lipinski definition) is 4. The molecule has 0 amide bonds. The number of aliphatic carboxylic acids is 1. The number of nitrogens with two attached hydrogens (primary N) is 1. The van der Waals surface area contributed by atoms with E-state index in [4.69, 9.17) is 10.8 Å². The van der Waals surface area contributed by atoms with Gasteiger partial charge >= 0.3 is 5.97 Å². The number of sulfonamides is 1. The standard InChI is InChI=1S/C22H28FN3O6S.C6H13N/c1-13(2)20-18(10-9-16(27)11-17(28)12-19(29)30)21(14-5-7-15(23)8-6-14)25-22(24-20)26(3)33(4,31)32;7-6-4-2-1-3-5-6/h5-10,13,16-17,27-28H,11-12H2,1-4H3,(H,29,30);6H,1-5,7H2/b10-9+;/t16-,17-;/m1./s1. The third-order valence-corrected chi connectivity index (χ3v) is 7.62. The van der Waals surface area contributed by atoms with Gasteiger partial charge in [-0.15, -0.1) is 0 Å². The fourth-order valence-electron chi connectivity index (χ4n) is 4.18. The maximum atomic E-state index is 13.5. The molecule has 5 N–H and O–H groups in total. The van der Waals surface area contributed by atoms with E-state index in [2.05, 4.69) is 9.97 Å². The number of benzene rings is 1. The van der Waals surface area contributed by atoms with Crippen LogP contribution < -0.4 is 10.0 Å². The van der Waals surface area contributed by atoms with Gasteiger partial charge in [-0.2, -0.15) is 0 Å². The Hall–Kier alpha value is -2.93. The van der Waals surface area contributed by atoms with E-state index < -0.39 is 40.4 Å². The molecule has 0 unspecified atom stereocenters. The molecule has 0 saturated heterocycles. The summed E-state index contributed by atoms with van der Waals surface area (Å²) in [6.45, 7) is 3.71. The van der Waals surface area contributed by atoms with Crippen LogP contribution in [0, 0.1) is 5.82 Å². The van der Waals surface area contributed by atoms with Crippen LogP contribution in [0.2, 0.25) is 0 Å². The molecule has 1 saturated carbocycles. The molecule has 222 valence electrons. The molecular weight excluding hydrogens is 539 g/mol. The number of aromatic nitrogens is 2. The van der Waals surface area contributed by atoms with Crippen molar-refractivity contribution in [2.45, 2.75) is 83.0 Å². The molecule has 3 rings (SSSR count). The third kappa shape index (κ3) is 10.6. The Kier molecular flexibility index (Phi) is 12.6. The number of rotatable bonds is 10. The van der Waals surface area contributed by atoms with Crippen molar-refractivity contribution in [3.63, 3.8) is 0 Å². The van der Waals surface area contributed by atoms with E-state index in [1.807, 2.05) is 13.8 Å². The van der Waals surface area contributed by atoms with E-state index in [0.29, 0.717) is 28.6 Å². The van der Waals surface area contributed by atoms with Gasteiger partial charge in [0.25, 0.3) is 0 Å². The smallest absolute Gasteiger partial charge is 0.305 e. The summed E-state index contributed by atoms with van der Waals surface area (Å²) in [4.78, 5) is 19.6. The van der Waals surface area contributed by atoms with Crippen LogP contribution in [0.25, 0.3) is 17.3 Å². The van der Waals surface area contributed by atoms with E-state index in [1.54, 1.807) is 0 Å². The lowest BCUT2D eigenvalue weighted by Gasteiger charge is -2.20. The number of nitrogens with zero attached hydrogens (tertiary/aromatic N) is 3. The minimum Gasteiger partial charge on any atom is -0.481 e. The summed E-state index contributed by atoms with van der Waals surface area (Å²) >= 11 is 0.